The van der Waals surface area contributed by atoms with E-state index in [1.807, 2.05) is 6.92 Å². The Morgan fingerprint density at radius 1 is 1.42 bits per heavy atom. The highest BCUT2D eigenvalue weighted by atomic mass is 16.6. The smallest absolute Gasteiger partial charge is 0.323 e. The van der Waals surface area contributed by atoms with Crippen LogP contribution >= 0.6 is 0 Å². The standard InChI is InChI=1S/C15H29NO3/c1-5-12-7-6-8-13(16)15(17)19-11(4)14(12)18-9-10(2)3/h10-14H,5-9,16H2,1-4H3. The summed E-state index contributed by atoms with van der Waals surface area (Å²) in [7, 11) is 0. The lowest BCUT2D eigenvalue weighted by Crippen LogP contribution is -2.40. The molecule has 4 unspecified atom stereocenters. The Bertz CT molecular complexity index is 281. The van der Waals surface area contributed by atoms with Crippen LogP contribution in [-0.4, -0.2) is 30.8 Å². The van der Waals surface area contributed by atoms with Gasteiger partial charge in [-0.3, -0.25) is 4.79 Å². The van der Waals surface area contributed by atoms with Crippen molar-refractivity contribution in [1.29, 1.82) is 0 Å². The Balaban J connectivity index is 2.75. The van der Waals surface area contributed by atoms with Gasteiger partial charge in [0.2, 0.25) is 0 Å². The second-order valence-electron chi connectivity index (χ2n) is 6.04. The topological polar surface area (TPSA) is 61.6 Å². The number of ether oxygens (including phenoxy) is 2. The summed E-state index contributed by atoms with van der Waals surface area (Å²) in [5.41, 5.74) is 5.82. The van der Waals surface area contributed by atoms with Crippen molar-refractivity contribution in [3.05, 3.63) is 0 Å². The fourth-order valence-corrected chi connectivity index (χ4v) is 2.61. The molecule has 1 rings (SSSR count). The number of hydrogen-bond donors (Lipinski definition) is 1. The number of hydrogen-bond acceptors (Lipinski definition) is 4. The number of carbonyl (C=O) groups is 1. The molecule has 1 heterocycles. The quantitative estimate of drug-likeness (QED) is 0.798. The summed E-state index contributed by atoms with van der Waals surface area (Å²) in [6, 6.07) is -0.483. The molecule has 0 aliphatic carbocycles. The first kappa shape index (κ1) is 16.4. The van der Waals surface area contributed by atoms with Crippen molar-refractivity contribution >= 4 is 5.97 Å². The van der Waals surface area contributed by atoms with Crippen LogP contribution in [-0.2, 0) is 14.3 Å². The van der Waals surface area contributed by atoms with Crippen molar-refractivity contribution in [3.8, 4) is 0 Å². The fraction of sp³-hybridized carbons (Fsp3) is 0.933. The minimum absolute atomic E-state index is 0.0124. The van der Waals surface area contributed by atoms with Crippen LogP contribution < -0.4 is 5.73 Å². The molecule has 0 aromatic carbocycles. The van der Waals surface area contributed by atoms with Gasteiger partial charge in [-0.15, -0.1) is 0 Å². The van der Waals surface area contributed by atoms with E-state index in [1.54, 1.807) is 0 Å². The predicted molar refractivity (Wildman–Crippen MR) is 75.7 cm³/mol. The lowest BCUT2D eigenvalue weighted by Gasteiger charge is -2.31. The van der Waals surface area contributed by atoms with E-state index in [1.165, 1.54) is 0 Å². The van der Waals surface area contributed by atoms with E-state index in [4.69, 9.17) is 15.2 Å². The Labute approximate surface area is 117 Å². The first-order valence-corrected chi connectivity index (χ1v) is 7.53. The fourth-order valence-electron chi connectivity index (χ4n) is 2.61. The monoisotopic (exact) mass is 271 g/mol. The molecule has 0 aromatic rings. The highest BCUT2D eigenvalue weighted by Gasteiger charge is 2.32. The Morgan fingerprint density at radius 3 is 2.68 bits per heavy atom. The molecule has 1 aliphatic rings. The lowest BCUT2D eigenvalue weighted by molar-refractivity contribution is -0.160. The van der Waals surface area contributed by atoms with Crippen LogP contribution in [0.5, 0.6) is 0 Å². The van der Waals surface area contributed by atoms with Crippen molar-refractivity contribution in [2.45, 2.75) is 71.6 Å². The van der Waals surface area contributed by atoms with Gasteiger partial charge < -0.3 is 15.2 Å². The van der Waals surface area contributed by atoms with Gasteiger partial charge in [0.15, 0.2) is 0 Å². The zero-order valence-corrected chi connectivity index (χ0v) is 12.7. The summed E-state index contributed by atoms with van der Waals surface area (Å²) in [5.74, 6) is 0.629. The predicted octanol–water partition coefficient (Wildman–Crippen LogP) is 2.50. The molecule has 1 aliphatic heterocycles. The maximum atomic E-state index is 11.8. The first-order chi connectivity index (χ1) is 8.95. The van der Waals surface area contributed by atoms with Crippen molar-refractivity contribution in [3.63, 3.8) is 0 Å². The van der Waals surface area contributed by atoms with Gasteiger partial charge >= 0.3 is 5.97 Å². The molecule has 0 amide bonds. The molecule has 4 heteroatoms. The molecule has 1 fully saturated rings. The van der Waals surface area contributed by atoms with Crippen LogP contribution in [0.2, 0.25) is 0 Å². The van der Waals surface area contributed by atoms with E-state index < -0.39 is 6.04 Å². The van der Waals surface area contributed by atoms with Crippen molar-refractivity contribution in [1.82, 2.24) is 0 Å². The number of cyclic esters (lactones) is 1. The van der Waals surface area contributed by atoms with E-state index in [9.17, 15) is 4.79 Å². The third-order valence-corrected chi connectivity index (χ3v) is 3.77. The van der Waals surface area contributed by atoms with Crippen LogP contribution in [0.1, 0.15) is 53.4 Å². The molecule has 112 valence electrons. The number of nitrogens with two attached hydrogens (primary N) is 1. The lowest BCUT2D eigenvalue weighted by atomic mass is 9.90. The van der Waals surface area contributed by atoms with E-state index >= 15 is 0 Å². The highest BCUT2D eigenvalue weighted by molar-refractivity contribution is 5.75. The molecule has 1 saturated heterocycles. The Morgan fingerprint density at radius 2 is 2.11 bits per heavy atom. The second-order valence-corrected chi connectivity index (χ2v) is 6.04. The molecular weight excluding hydrogens is 242 g/mol. The largest absolute Gasteiger partial charge is 0.459 e. The van der Waals surface area contributed by atoms with Crippen LogP contribution in [0.3, 0.4) is 0 Å². The Kier molecular flexibility index (Phi) is 6.80. The third kappa shape index (κ3) is 5.11. The maximum absolute atomic E-state index is 11.8. The van der Waals surface area contributed by atoms with E-state index in [-0.39, 0.29) is 18.2 Å². The van der Waals surface area contributed by atoms with Crippen LogP contribution in [0.15, 0.2) is 0 Å². The van der Waals surface area contributed by atoms with Crippen LogP contribution in [0.4, 0.5) is 0 Å². The van der Waals surface area contributed by atoms with Gasteiger partial charge in [0.05, 0.1) is 6.10 Å². The second kappa shape index (κ2) is 7.85. The number of carbonyl (C=O) groups excluding carboxylic acids is 1. The van der Waals surface area contributed by atoms with Gasteiger partial charge in [-0.1, -0.05) is 33.6 Å². The van der Waals surface area contributed by atoms with Gasteiger partial charge in [0.25, 0.3) is 0 Å². The van der Waals surface area contributed by atoms with E-state index in [2.05, 4.69) is 20.8 Å². The summed E-state index contributed by atoms with van der Waals surface area (Å²) in [6.07, 6.45) is 3.53. The zero-order valence-electron chi connectivity index (χ0n) is 12.7. The highest BCUT2D eigenvalue weighted by Crippen LogP contribution is 2.26. The number of rotatable bonds is 4. The van der Waals surface area contributed by atoms with Gasteiger partial charge in [-0.05, 0) is 31.6 Å². The molecule has 2 N–H and O–H groups in total. The molecule has 0 bridgehead atoms. The molecule has 0 saturated carbocycles. The van der Waals surface area contributed by atoms with Crippen molar-refractivity contribution < 1.29 is 14.3 Å². The number of esters is 1. The normalized spacial score (nSPS) is 33.5. The molecule has 0 radical (unpaired) electrons. The SMILES string of the molecule is CCC1CCCC(N)C(=O)OC(C)C1OCC(C)C. The summed E-state index contributed by atoms with van der Waals surface area (Å²) in [4.78, 5) is 11.8. The Hall–Kier alpha value is -0.610. The first-order valence-electron chi connectivity index (χ1n) is 7.53. The van der Waals surface area contributed by atoms with E-state index in [0.717, 1.165) is 19.3 Å². The minimum Gasteiger partial charge on any atom is -0.459 e. The van der Waals surface area contributed by atoms with Crippen molar-refractivity contribution in [2.75, 3.05) is 6.61 Å². The average molecular weight is 271 g/mol. The van der Waals surface area contributed by atoms with E-state index in [0.29, 0.717) is 24.9 Å². The molecule has 0 aromatic heterocycles. The average Bonchev–Trinajstić information content (AvgIpc) is 2.39. The molecule has 0 spiro atoms. The van der Waals surface area contributed by atoms with Gasteiger partial charge in [-0.2, -0.15) is 0 Å². The summed E-state index contributed by atoms with van der Waals surface area (Å²) in [5, 5.41) is 0. The molecular formula is C15H29NO3. The van der Waals surface area contributed by atoms with Crippen molar-refractivity contribution in [2.24, 2.45) is 17.6 Å². The summed E-state index contributed by atoms with van der Waals surface area (Å²) >= 11 is 0. The van der Waals surface area contributed by atoms with Crippen LogP contribution in [0.25, 0.3) is 0 Å². The minimum atomic E-state index is -0.483. The summed E-state index contributed by atoms with van der Waals surface area (Å²) in [6.45, 7) is 9.05. The summed E-state index contributed by atoms with van der Waals surface area (Å²) < 4.78 is 11.5. The third-order valence-electron chi connectivity index (χ3n) is 3.77. The van der Waals surface area contributed by atoms with Gasteiger partial charge in [-0.25, -0.2) is 0 Å². The molecule has 4 atom stereocenters. The molecule has 19 heavy (non-hydrogen) atoms. The maximum Gasteiger partial charge on any atom is 0.323 e. The van der Waals surface area contributed by atoms with Gasteiger partial charge in [0, 0.05) is 6.61 Å². The van der Waals surface area contributed by atoms with Gasteiger partial charge in [0.1, 0.15) is 12.1 Å². The zero-order chi connectivity index (χ0) is 14.4. The van der Waals surface area contributed by atoms with Crippen LogP contribution in [0, 0.1) is 11.8 Å². The molecule has 4 nitrogen and oxygen atoms in total.